The number of benzene rings is 1. The van der Waals surface area contributed by atoms with Crippen LogP contribution in [0.5, 0.6) is 0 Å². The molecule has 0 radical (unpaired) electrons. The average molecular weight is 286 g/mol. The van der Waals surface area contributed by atoms with Gasteiger partial charge >= 0.3 is 0 Å². The lowest BCUT2D eigenvalue weighted by molar-refractivity contribution is -0.122. The van der Waals surface area contributed by atoms with Crippen molar-refractivity contribution in [3.8, 4) is 0 Å². The molecule has 0 bridgehead atoms. The maximum Gasteiger partial charge on any atom is 0.234 e. The van der Waals surface area contributed by atoms with Gasteiger partial charge in [0.25, 0.3) is 0 Å². The lowest BCUT2D eigenvalue weighted by atomic mass is 9.95. The van der Waals surface area contributed by atoms with Gasteiger partial charge in [-0.3, -0.25) is 9.69 Å². The standard InChI is InChI=1S/C18H26N2O/c1-15(17-11-7-4-8-12-17)19-18(21)14-20(2)13-16-9-5-3-6-10-16/h3,5-6,9-11,15H,4,7-8,12-14H2,1-2H3,(H,19,21). The summed E-state index contributed by atoms with van der Waals surface area (Å²) in [4.78, 5) is 14.2. The zero-order valence-corrected chi connectivity index (χ0v) is 13.1. The maximum absolute atomic E-state index is 12.1. The second-order valence-electron chi connectivity index (χ2n) is 5.97. The van der Waals surface area contributed by atoms with Crippen LogP contribution in [0.2, 0.25) is 0 Å². The van der Waals surface area contributed by atoms with E-state index in [1.807, 2.05) is 30.1 Å². The number of hydrogen-bond acceptors (Lipinski definition) is 2. The van der Waals surface area contributed by atoms with Gasteiger partial charge in [-0.2, -0.15) is 0 Å². The fraction of sp³-hybridized carbons (Fsp3) is 0.500. The molecule has 1 N–H and O–H groups in total. The minimum absolute atomic E-state index is 0.104. The number of carbonyl (C=O) groups is 1. The Morgan fingerprint density at radius 3 is 2.71 bits per heavy atom. The normalized spacial score (nSPS) is 16.4. The number of nitrogens with one attached hydrogen (secondary N) is 1. The Labute approximate surface area is 128 Å². The van der Waals surface area contributed by atoms with Crippen molar-refractivity contribution >= 4 is 5.91 Å². The fourth-order valence-corrected chi connectivity index (χ4v) is 2.83. The fourth-order valence-electron chi connectivity index (χ4n) is 2.83. The minimum atomic E-state index is 0.104. The van der Waals surface area contributed by atoms with E-state index in [1.165, 1.54) is 24.0 Å². The lowest BCUT2D eigenvalue weighted by Gasteiger charge is -2.22. The molecule has 1 aliphatic rings. The van der Waals surface area contributed by atoms with Crippen LogP contribution in [0.4, 0.5) is 0 Å². The van der Waals surface area contributed by atoms with Gasteiger partial charge in [-0.25, -0.2) is 0 Å². The molecule has 1 aliphatic carbocycles. The zero-order valence-electron chi connectivity index (χ0n) is 13.1. The molecule has 2 rings (SSSR count). The van der Waals surface area contributed by atoms with E-state index in [0.717, 1.165) is 19.4 Å². The summed E-state index contributed by atoms with van der Waals surface area (Å²) in [5.74, 6) is 0.104. The predicted octanol–water partition coefficient (Wildman–Crippen LogP) is 3.12. The van der Waals surface area contributed by atoms with Gasteiger partial charge < -0.3 is 5.32 Å². The molecule has 0 heterocycles. The van der Waals surface area contributed by atoms with Crippen LogP contribution < -0.4 is 5.32 Å². The summed E-state index contributed by atoms with van der Waals surface area (Å²) in [6.45, 7) is 3.32. The van der Waals surface area contributed by atoms with E-state index >= 15 is 0 Å². The summed E-state index contributed by atoms with van der Waals surface area (Å²) in [6, 6.07) is 10.4. The van der Waals surface area contributed by atoms with Gasteiger partial charge in [0.1, 0.15) is 0 Å². The summed E-state index contributed by atoms with van der Waals surface area (Å²) < 4.78 is 0. The van der Waals surface area contributed by atoms with Gasteiger partial charge in [0.2, 0.25) is 5.91 Å². The third-order valence-electron chi connectivity index (χ3n) is 3.97. The second kappa shape index (κ2) is 7.99. The molecule has 3 nitrogen and oxygen atoms in total. The Balaban J connectivity index is 1.77. The Bertz CT molecular complexity index is 481. The third kappa shape index (κ3) is 5.35. The van der Waals surface area contributed by atoms with Crippen LogP contribution in [0, 0.1) is 0 Å². The highest BCUT2D eigenvalue weighted by Crippen LogP contribution is 2.20. The van der Waals surface area contributed by atoms with Crippen LogP contribution in [-0.4, -0.2) is 30.4 Å². The van der Waals surface area contributed by atoms with Crippen LogP contribution in [0.1, 0.15) is 38.2 Å². The van der Waals surface area contributed by atoms with Crippen molar-refractivity contribution in [1.29, 1.82) is 0 Å². The first-order valence-electron chi connectivity index (χ1n) is 7.86. The molecule has 1 unspecified atom stereocenters. The Morgan fingerprint density at radius 2 is 2.05 bits per heavy atom. The molecule has 0 aromatic heterocycles. The van der Waals surface area contributed by atoms with E-state index in [-0.39, 0.29) is 11.9 Å². The molecule has 0 saturated heterocycles. The van der Waals surface area contributed by atoms with Gasteiger partial charge in [0.15, 0.2) is 0 Å². The van der Waals surface area contributed by atoms with Crippen molar-refractivity contribution in [1.82, 2.24) is 10.2 Å². The summed E-state index contributed by atoms with van der Waals surface area (Å²) in [5, 5.41) is 3.12. The molecule has 0 aliphatic heterocycles. The van der Waals surface area contributed by atoms with Crippen molar-refractivity contribution in [2.75, 3.05) is 13.6 Å². The van der Waals surface area contributed by atoms with Crippen LogP contribution in [0.15, 0.2) is 42.0 Å². The van der Waals surface area contributed by atoms with Gasteiger partial charge in [-0.1, -0.05) is 42.0 Å². The summed E-state index contributed by atoms with van der Waals surface area (Å²) in [6.07, 6.45) is 7.11. The lowest BCUT2D eigenvalue weighted by Crippen LogP contribution is -2.40. The van der Waals surface area contributed by atoms with Gasteiger partial charge in [0, 0.05) is 12.6 Å². The van der Waals surface area contributed by atoms with Crippen LogP contribution >= 0.6 is 0 Å². The smallest absolute Gasteiger partial charge is 0.234 e. The van der Waals surface area contributed by atoms with E-state index in [1.54, 1.807) is 0 Å². The van der Waals surface area contributed by atoms with Crippen LogP contribution in [-0.2, 0) is 11.3 Å². The molecule has 3 heteroatoms. The molecule has 21 heavy (non-hydrogen) atoms. The first kappa shape index (κ1) is 15.8. The van der Waals surface area contributed by atoms with Gasteiger partial charge in [-0.15, -0.1) is 0 Å². The van der Waals surface area contributed by atoms with Crippen molar-refractivity contribution < 1.29 is 4.79 Å². The topological polar surface area (TPSA) is 32.3 Å². The number of rotatable bonds is 6. The number of allylic oxidation sites excluding steroid dienone is 1. The molecule has 114 valence electrons. The largest absolute Gasteiger partial charge is 0.349 e. The highest BCUT2D eigenvalue weighted by Gasteiger charge is 2.15. The number of hydrogen-bond donors (Lipinski definition) is 1. The van der Waals surface area contributed by atoms with Crippen molar-refractivity contribution in [3.05, 3.63) is 47.5 Å². The Hall–Kier alpha value is -1.61. The minimum Gasteiger partial charge on any atom is -0.349 e. The molecule has 1 aromatic carbocycles. The van der Waals surface area contributed by atoms with E-state index in [4.69, 9.17) is 0 Å². The number of carbonyl (C=O) groups excluding carboxylic acids is 1. The molecule has 1 aromatic rings. The van der Waals surface area contributed by atoms with Crippen LogP contribution in [0.25, 0.3) is 0 Å². The molecule has 1 amide bonds. The highest BCUT2D eigenvalue weighted by atomic mass is 16.2. The van der Waals surface area contributed by atoms with E-state index in [0.29, 0.717) is 6.54 Å². The average Bonchev–Trinajstić information content (AvgIpc) is 2.48. The molecular formula is C18H26N2O. The molecular weight excluding hydrogens is 260 g/mol. The molecule has 0 spiro atoms. The maximum atomic E-state index is 12.1. The van der Waals surface area contributed by atoms with Gasteiger partial charge in [0.05, 0.1) is 6.54 Å². The van der Waals surface area contributed by atoms with E-state index in [9.17, 15) is 4.79 Å². The third-order valence-corrected chi connectivity index (χ3v) is 3.97. The highest BCUT2D eigenvalue weighted by molar-refractivity contribution is 5.78. The van der Waals surface area contributed by atoms with Crippen molar-refractivity contribution in [2.45, 2.75) is 45.2 Å². The van der Waals surface area contributed by atoms with Crippen molar-refractivity contribution in [3.63, 3.8) is 0 Å². The van der Waals surface area contributed by atoms with E-state index in [2.05, 4.69) is 30.4 Å². The zero-order chi connectivity index (χ0) is 15.1. The van der Waals surface area contributed by atoms with Crippen molar-refractivity contribution in [2.24, 2.45) is 0 Å². The molecule has 1 atom stereocenters. The summed E-state index contributed by atoms with van der Waals surface area (Å²) in [7, 11) is 1.98. The number of nitrogens with zero attached hydrogens (tertiary/aromatic N) is 1. The Kier molecular flexibility index (Phi) is 6.00. The van der Waals surface area contributed by atoms with Crippen LogP contribution in [0.3, 0.4) is 0 Å². The summed E-state index contributed by atoms with van der Waals surface area (Å²) in [5.41, 5.74) is 2.62. The molecule has 0 fully saturated rings. The molecule has 0 saturated carbocycles. The predicted molar refractivity (Wildman–Crippen MR) is 86.9 cm³/mol. The monoisotopic (exact) mass is 286 g/mol. The van der Waals surface area contributed by atoms with E-state index < -0.39 is 0 Å². The first-order valence-corrected chi connectivity index (χ1v) is 7.86. The number of likely N-dealkylation sites (N-methyl/N-ethyl adjacent to an activating group) is 1. The second-order valence-corrected chi connectivity index (χ2v) is 5.97. The number of amides is 1. The first-order chi connectivity index (χ1) is 10.1. The quantitative estimate of drug-likeness (QED) is 0.815. The summed E-state index contributed by atoms with van der Waals surface area (Å²) >= 11 is 0. The SMILES string of the molecule is CC(NC(=O)CN(C)Cc1ccccc1)C1=CCCCC1. The van der Waals surface area contributed by atoms with Gasteiger partial charge in [-0.05, 0) is 45.2 Å². The Morgan fingerprint density at radius 1 is 1.29 bits per heavy atom.